The third-order valence-electron chi connectivity index (χ3n) is 4.97. The largest absolute Gasteiger partial charge is 0.452 e. The number of rotatable bonds is 8. The van der Waals surface area contributed by atoms with Crippen molar-refractivity contribution in [3.63, 3.8) is 0 Å². The molecule has 0 heterocycles. The molecule has 0 N–H and O–H groups in total. The van der Waals surface area contributed by atoms with Gasteiger partial charge in [0.05, 0.1) is 23.6 Å². The number of carbonyl (C=O) groups is 3. The van der Waals surface area contributed by atoms with Crippen LogP contribution < -0.4 is 9.80 Å². The summed E-state index contributed by atoms with van der Waals surface area (Å²) in [6, 6.07) is 26.2. The van der Waals surface area contributed by atoms with Crippen molar-refractivity contribution in [2.45, 2.75) is 6.42 Å². The number of para-hydroxylation sites is 2. The first-order valence-electron chi connectivity index (χ1n) is 10.3. The Morgan fingerprint density at radius 1 is 0.818 bits per heavy atom. The van der Waals surface area contributed by atoms with E-state index in [0.29, 0.717) is 11.4 Å². The third-order valence-corrected chi connectivity index (χ3v) is 4.97. The maximum Gasteiger partial charge on any atom is 0.339 e. The number of anilines is 2. The molecular weight excluding hydrogens is 418 g/mol. The molecule has 7 heteroatoms. The van der Waals surface area contributed by atoms with Crippen LogP contribution in [0.5, 0.6) is 0 Å². The van der Waals surface area contributed by atoms with Gasteiger partial charge in [-0.15, -0.1) is 0 Å². The number of hydrogen-bond donors (Lipinski definition) is 0. The highest BCUT2D eigenvalue weighted by molar-refractivity contribution is 6.12. The Kier molecular flexibility index (Phi) is 7.92. The Bertz CT molecular complexity index is 1160. The van der Waals surface area contributed by atoms with Crippen LogP contribution in [0.4, 0.5) is 11.4 Å². The molecule has 0 aliphatic carbocycles. The maximum atomic E-state index is 13.0. The SMILES string of the molecule is CN(C(=O)c1ccccc1C(=O)OCC(=O)N(CCC#N)c1ccccc1)c1ccccc1. The van der Waals surface area contributed by atoms with Crippen LogP contribution in [0.25, 0.3) is 0 Å². The highest BCUT2D eigenvalue weighted by Crippen LogP contribution is 2.19. The van der Waals surface area contributed by atoms with E-state index < -0.39 is 18.5 Å². The monoisotopic (exact) mass is 441 g/mol. The molecule has 0 saturated carbocycles. The number of benzene rings is 3. The zero-order valence-corrected chi connectivity index (χ0v) is 18.2. The van der Waals surface area contributed by atoms with E-state index in [4.69, 9.17) is 10.00 Å². The zero-order chi connectivity index (χ0) is 23.6. The molecule has 0 saturated heterocycles. The maximum absolute atomic E-state index is 13.0. The molecule has 0 fully saturated rings. The lowest BCUT2D eigenvalue weighted by atomic mass is 10.1. The van der Waals surface area contributed by atoms with Gasteiger partial charge in [0.25, 0.3) is 11.8 Å². The lowest BCUT2D eigenvalue weighted by Gasteiger charge is -2.22. The van der Waals surface area contributed by atoms with Crippen molar-refractivity contribution in [2.75, 3.05) is 30.0 Å². The Hall–Kier alpha value is -4.44. The van der Waals surface area contributed by atoms with Crippen molar-refractivity contribution >= 4 is 29.2 Å². The normalized spacial score (nSPS) is 10.1. The highest BCUT2D eigenvalue weighted by Gasteiger charge is 2.23. The molecule has 3 aromatic rings. The summed E-state index contributed by atoms with van der Waals surface area (Å²) in [5, 5.41) is 8.91. The summed E-state index contributed by atoms with van der Waals surface area (Å²) in [6.45, 7) is -0.343. The third kappa shape index (κ3) is 5.83. The van der Waals surface area contributed by atoms with E-state index >= 15 is 0 Å². The fourth-order valence-electron chi connectivity index (χ4n) is 3.25. The topological polar surface area (TPSA) is 90.7 Å². The molecule has 0 aliphatic rings. The molecule has 166 valence electrons. The fourth-order valence-corrected chi connectivity index (χ4v) is 3.25. The minimum atomic E-state index is -0.776. The number of nitrogens with zero attached hydrogens (tertiary/aromatic N) is 3. The predicted octanol–water partition coefficient (Wildman–Crippen LogP) is 4.07. The van der Waals surface area contributed by atoms with Gasteiger partial charge in [-0.25, -0.2) is 4.79 Å². The minimum absolute atomic E-state index is 0.0707. The van der Waals surface area contributed by atoms with E-state index in [9.17, 15) is 14.4 Å². The molecule has 0 aliphatic heterocycles. The van der Waals surface area contributed by atoms with Crippen LogP contribution in [0.1, 0.15) is 27.1 Å². The summed E-state index contributed by atoms with van der Waals surface area (Å²) >= 11 is 0. The van der Waals surface area contributed by atoms with Crippen LogP contribution in [0.15, 0.2) is 84.9 Å². The van der Waals surface area contributed by atoms with Crippen LogP contribution in [0.3, 0.4) is 0 Å². The summed E-state index contributed by atoms with van der Waals surface area (Å²) in [5.41, 5.74) is 1.53. The van der Waals surface area contributed by atoms with Gasteiger partial charge in [0.1, 0.15) is 0 Å². The van der Waals surface area contributed by atoms with Crippen LogP contribution >= 0.6 is 0 Å². The van der Waals surface area contributed by atoms with Gasteiger partial charge in [-0.1, -0.05) is 48.5 Å². The van der Waals surface area contributed by atoms with Gasteiger partial charge < -0.3 is 14.5 Å². The van der Waals surface area contributed by atoms with E-state index in [0.717, 1.165) is 0 Å². The van der Waals surface area contributed by atoms with E-state index in [-0.39, 0.29) is 30.0 Å². The molecule has 0 atom stereocenters. The van der Waals surface area contributed by atoms with Crippen LogP contribution in [0, 0.1) is 11.3 Å². The van der Waals surface area contributed by atoms with E-state index in [1.807, 2.05) is 30.3 Å². The van der Waals surface area contributed by atoms with Gasteiger partial charge in [0, 0.05) is 25.0 Å². The molecule has 3 aromatic carbocycles. The second-order valence-electron chi connectivity index (χ2n) is 7.11. The van der Waals surface area contributed by atoms with Crippen molar-refractivity contribution in [2.24, 2.45) is 0 Å². The number of ether oxygens (including phenoxy) is 1. The second-order valence-corrected chi connectivity index (χ2v) is 7.11. The average molecular weight is 441 g/mol. The molecule has 3 rings (SSSR count). The van der Waals surface area contributed by atoms with E-state index in [1.165, 1.54) is 15.9 Å². The highest BCUT2D eigenvalue weighted by atomic mass is 16.5. The first-order chi connectivity index (χ1) is 16.0. The number of esters is 1. The van der Waals surface area contributed by atoms with Crippen LogP contribution in [0.2, 0.25) is 0 Å². The van der Waals surface area contributed by atoms with Crippen molar-refractivity contribution in [1.82, 2.24) is 0 Å². The number of hydrogen-bond acceptors (Lipinski definition) is 5. The summed E-state index contributed by atoms with van der Waals surface area (Å²) in [5.74, 6) is -1.61. The quantitative estimate of drug-likeness (QED) is 0.492. The lowest BCUT2D eigenvalue weighted by molar-refractivity contribution is -0.121. The van der Waals surface area contributed by atoms with Crippen LogP contribution in [-0.2, 0) is 9.53 Å². The second kappa shape index (κ2) is 11.3. The van der Waals surface area contributed by atoms with Gasteiger partial charge in [0.15, 0.2) is 6.61 Å². The standard InChI is InChI=1S/C26H23N3O4/c1-28(20-11-4-2-5-12-20)25(31)22-15-8-9-16-23(22)26(32)33-19-24(30)29(18-10-17-27)21-13-6-3-7-14-21/h2-9,11-16H,10,18-19H2,1H3. The minimum Gasteiger partial charge on any atom is -0.452 e. The van der Waals surface area contributed by atoms with Crippen molar-refractivity contribution < 1.29 is 19.1 Å². The summed E-state index contributed by atoms with van der Waals surface area (Å²) in [7, 11) is 1.62. The number of amides is 2. The smallest absolute Gasteiger partial charge is 0.339 e. The molecule has 33 heavy (non-hydrogen) atoms. The van der Waals surface area contributed by atoms with Gasteiger partial charge in [-0.2, -0.15) is 5.26 Å². The molecule has 0 spiro atoms. The van der Waals surface area contributed by atoms with Crippen molar-refractivity contribution in [3.05, 3.63) is 96.1 Å². The predicted molar refractivity (Wildman–Crippen MR) is 125 cm³/mol. The van der Waals surface area contributed by atoms with Crippen LogP contribution in [-0.4, -0.2) is 38.0 Å². The summed E-state index contributed by atoms with van der Waals surface area (Å²) in [6.07, 6.45) is 0.137. The number of carbonyl (C=O) groups excluding carboxylic acids is 3. The molecular formula is C26H23N3O4. The first-order valence-corrected chi connectivity index (χ1v) is 10.3. The molecule has 7 nitrogen and oxygen atoms in total. The van der Waals surface area contributed by atoms with E-state index in [1.54, 1.807) is 61.6 Å². The Morgan fingerprint density at radius 3 is 1.97 bits per heavy atom. The Morgan fingerprint density at radius 2 is 1.36 bits per heavy atom. The van der Waals surface area contributed by atoms with E-state index in [2.05, 4.69) is 0 Å². The van der Waals surface area contributed by atoms with Gasteiger partial charge in [-0.05, 0) is 36.4 Å². The fraction of sp³-hybridized carbons (Fsp3) is 0.154. The molecule has 0 aromatic heterocycles. The first kappa shape index (κ1) is 23.2. The summed E-state index contributed by atoms with van der Waals surface area (Å²) < 4.78 is 5.26. The summed E-state index contributed by atoms with van der Waals surface area (Å²) in [4.78, 5) is 41.4. The average Bonchev–Trinajstić information content (AvgIpc) is 2.87. The van der Waals surface area contributed by atoms with Gasteiger partial charge >= 0.3 is 5.97 Å². The van der Waals surface area contributed by atoms with Gasteiger partial charge in [-0.3, -0.25) is 9.59 Å². The van der Waals surface area contributed by atoms with Crippen molar-refractivity contribution in [1.29, 1.82) is 5.26 Å². The Labute approximate surface area is 192 Å². The Balaban J connectivity index is 1.73. The van der Waals surface area contributed by atoms with Crippen molar-refractivity contribution in [3.8, 4) is 6.07 Å². The number of nitriles is 1. The van der Waals surface area contributed by atoms with Gasteiger partial charge in [0.2, 0.25) is 0 Å². The molecule has 0 unspecified atom stereocenters. The zero-order valence-electron chi connectivity index (χ0n) is 18.2. The lowest BCUT2D eigenvalue weighted by Crippen LogP contribution is -2.35. The molecule has 0 radical (unpaired) electrons. The molecule has 2 amide bonds. The molecule has 0 bridgehead atoms.